The summed E-state index contributed by atoms with van der Waals surface area (Å²) in [6.45, 7) is 3.10. The Bertz CT molecular complexity index is 649. The van der Waals surface area contributed by atoms with Gasteiger partial charge < -0.3 is 15.0 Å². The summed E-state index contributed by atoms with van der Waals surface area (Å²) in [4.78, 5) is 26.4. The number of benzene rings is 1. The van der Waals surface area contributed by atoms with E-state index in [-0.39, 0.29) is 18.7 Å². The van der Waals surface area contributed by atoms with E-state index in [0.29, 0.717) is 19.5 Å². The number of hydrogen-bond acceptors (Lipinski definition) is 3. The van der Waals surface area contributed by atoms with Gasteiger partial charge in [-0.05, 0) is 25.5 Å². The van der Waals surface area contributed by atoms with Crippen molar-refractivity contribution in [1.82, 2.24) is 14.9 Å². The highest BCUT2D eigenvalue weighted by Gasteiger charge is 2.07. The highest BCUT2D eigenvalue weighted by molar-refractivity contribution is 5.77. The number of nitrogens with zero attached hydrogens (tertiary/aromatic N) is 2. The lowest BCUT2D eigenvalue weighted by atomic mass is 10.2. The summed E-state index contributed by atoms with van der Waals surface area (Å²) >= 11 is 0. The molecule has 0 fully saturated rings. The van der Waals surface area contributed by atoms with Gasteiger partial charge in [0, 0.05) is 25.9 Å². The molecule has 0 atom stereocenters. The first-order chi connectivity index (χ1) is 10.1. The Labute approximate surface area is 122 Å². The normalized spacial score (nSPS) is 10.7. The third kappa shape index (κ3) is 4.05. The minimum atomic E-state index is -0.872. The second-order valence-corrected chi connectivity index (χ2v) is 4.90. The molecule has 112 valence electrons. The Morgan fingerprint density at radius 1 is 1.29 bits per heavy atom. The van der Waals surface area contributed by atoms with E-state index < -0.39 is 5.97 Å². The van der Waals surface area contributed by atoms with Crippen LogP contribution in [0.4, 0.5) is 0 Å². The Kier molecular flexibility index (Phi) is 4.92. The van der Waals surface area contributed by atoms with Crippen molar-refractivity contribution in [2.75, 3.05) is 6.54 Å². The molecule has 1 heterocycles. The van der Waals surface area contributed by atoms with Crippen molar-refractivity contribution < 1.29 is 14.7 Å². The SMILES string of the molecule is Cc1nc2ccccc2n1CCNC(=O)CCCC(=O)O. The van der Waals surface area contributed by atoms with Gasteiger partial charge in [-0.1, -0.05) is 12.1 Å². The summed E-state index contributed by atoms with van der Waals surface area (Å²) in [6, 6.07) is 7.88. The Morgan fingerprint density at radius 2 is 2.05 bits per heavy atom. The van der Waals surface area contributed by atoms with Crippen LogP contribution < -0.4 is 5.32 Å². The van der Waals surface area contributed by atoms with Crippen LogP contribution in [-0.2, 0) is 16.1 Å². The maximum atomic E-state index is 11.6. The first kappa shape index (κ1) is 15.0. The molecule has 1 aromatic carbocycles. The minimum absolute atomic E-state index is 0.0265. The van der Waals surface area contributed by atoms with E-state index in [1.165, 1.54) is 0 Å². The number of rotatable bonds is 7. The van der Waals surface area contributed by atoms with Gasteiger partial charge in [-0.2, -0.15) is 0 Å². The number of aryl methyl sites for hydroxylation is 1. The highest BCUT2D eigenvalue weighted by Crippen LogP contribution is 2.14. The van der Waals surface area contributed by atoms with Gasteiger partial charge in [0.25, 0.3) is 0 Å². The first-order valence-electron chi connectivity index (χ1n) is 6.98. The molecule has 2 aromatic rings. The molecule has 0 saturated carbocycles. The van der Waals surface area contributed by atoms with Gasteiger partial charge in [0.05, 0.1) is 11.0 Å². The fourth-order valence-electron chi connectivity index (χ4n) is 2.27. The van der Waals surface area contributed by atoms with Crippen LogP contribution in [-0.4, -0.2) is 33.1 Å². The van der Waals surface area contributed by atoms with Gasteiger partial charge in [0.1, 0.15) is 5.82 Å². The van der Waals surface area contributed by atoms with Crippen LogP contribution in [0.15, 0.2) is 24.3 Å². The number of carboxylic acids is 1. The van der Waals surface area contributed by atoms with Crippen LogP contribution in [0.3, 0.4) is 0 Å². The van der Waals surface area contributed by atoms with Gasteiger partial charge in [-0.3, -0.25) is 9.59 Å². The number of carbonyl (C=O) groups is 2. The number of carboxylic acid groups (broad SMARTS) is 1. The van der Waals surface area contributed by atoms with Crippen molar-refractivity contribution in [1.29, 1.82) is 0 Å². The Morgan fingerprint density at radius 3 is 2.81 bits per heavy atom. The van der Waals surface area contributed by atoms with E-state index in [2.05, 4.69) is 14.9 Å². The lowest BCUT2D eigenvalue weighted by Gasteiger charge is -2.08. The van der Waals surface area contributed by atoms with Gasteiger partial charge in [-0.25, -0.2) is 4.98 Å². The molecule has 0 aliphatic carbocycles. The van der Waals surface area contributed by atoms with Crippen molar-refractivity contribution in [3.05, 3.63) is 30.1 Å². The summed E-state index contributed by atoms with van der Waals surface area (Å²) in [5.41, 5.74) is 2.00. The Hall–Kier alpha value is -2.37. The molecule has 0 unspecified atom stereocenters. The van der Waals surface area contributed by atoms with Crippen molar-refractivity contribution in [3.63, 3.8) is 0 Å². The van der Waals surface area contributed by atoms with Gasteiger partial charge >= 0.3 is 5.97 Å². The van der Waals surface area contributed by atoms with E-state index in [1.54, 1.807) is 0 Å². The van der Waals surface area contributed by atoms with Crippen LogP contribution in [0.2, 0.25) is 0 Å². The molecule has 0 radical (unpaired) electrons. The molecule has 0 aliphatic rings. The number of hydrogen-bond donors (Lipinski definition) is 2. The first-order valence-corrected chi connectivity index (χ1v) is 6.98. The zero-order valence-corrected chi connectivity index (χ0v) is 12.0. The fraction of sp³-hybridized carbons (Fsp3) is 0.400. The number of carbonyl (C=O) groups excluding carboxylic acids is 1. The van der Waals surface area contributed by atoms with E-state index in [1.807, 2.05) is 31.2 Å². The lowest BCUT2D eigenvalue weighted by molar-refractivity contribution is -0.137. The summed E-state index contributed by atoms with van der Waals surface area (Å²) in [6.07, 6.45) is 0.642. The number of aliphatic carboxylic acids is 1. The molecule has 1 aromatic heterocycles. The fourth-order valence-corrected chi connectivity index (χ4v) is 2.27. The second-order valence-electron chi connectivity index (χ2n) is 4.90. The zero-order chi connectivity index (χ0) is 15.2. The summed E-state index contributed by atoms with van der Waals surface area (Å²) in [5, 5.41) is 11.3. The van der Waals surface area contributed by atoms with Crippen LogP contribution in [0.1, 0.15) is 25.1 Å². The molecule has 0 bridgehead atoms. The zero-order valence-electron chi connectivity index (χ0n) is 12.0. The largest absolute Gasteiger partial charge is 0.481 e. The van der Waals surface area contributed by atoms with Crippen LogP contribution in [0, 0.1) is 6.92 Å². The van der Waals surface area contributed by atoms with Crippen molar-refractivity contribution in [2.24, 2.45) is 0 Å². The molecule has 2 rings (SSSR count). The quantitative estimate of drug-likeness (QED) is 0.812. The van der Waals surface area contributed by atoms with Crippen LogP contribution >= 0.6 is 0 Å². The minimum Gasteiger partial charge on any atom is -0.481 e. The number of amides is 1. The monoisotopic (exact) mass is 289 g/mol. The van der Waals surface area contributed by atoms with Crippen LogP contribution in [0.25, 0.3) is 11.0 Å². The average molecular weight is 289 g/mol. The molecule has 0 saturated heterocycles. The maximum absolute atomic E-state index is 11.6. The van der Waals surface area contributed by atoms with Crippen molar-refractivity contribution >= 4 is 22.9 Å². The number of nitrogens with one attached hydrogen (secondary N) is 1. The molecule has 1 amide bonds. The number of fused-ring (bicyclic) bond motifs is 1. The van der Waals surface area contributed by atoms with E-state index in [4.69, 9.17) is 5.11 Å². The van der Waals surface area contributed by atoms with Gasteiger partial charge in [0.2, 0.25) is 5.91 Å². The number of para-hydroxylation sites is 2. The smallest absolute Gasteiger partial charge is 0.303 e. The van der Waals surface area contributed by atoms with Gasteiger partial charge in [0.15, 0.2) is 0 Å². The van der Waals surface area contributed by atoms with E-state index in [9.17, 15) is 9.59 Å². The summed E-state index contributed by atoms with van der Waals surface area (Å²) < 4.78 is 2.06. The average Bonchev–Trinajstić information content (AvgIpc) is 2.75. The van der Waals surface area contributed by atoms with E-state index >= 15 is 0 Å². The number of aromatic nitrogens is 2. The van der Waals surface area contributed by atoms with Crippen molar-refractivity contribution in [2.45, 2.75) is 32.7 Å². The molecule has 2 N–H and O–H groups in total. The standard InChI is InChI=1S/C15H19N3O3/c1-11-17-12-5-2-3-6-13(12)18(11)10-9-16-14(19)7-4-8-15(20)21/h2-3,5-6H,4,7-10H2,1H3,(H,16,19)(H,20,21). The molecule has 21 heavy (non-hydrogen) atoms. The number of imidazole rings is 1. The predicted octanol–water partition coefficient (Wildman–Crippen LogP) is 1.72. The van der Waals surface area contributed by atoms with Crippen molar-refractivity contribution in [3.8, 4) is 0 Å². The van der Waals surface area contributed by atoms with Gasteiger partial charge in [-0.15, -0.1) is 0 Å². The third-order valence-electron chi connectivity index (χ3n) is 3.30. The molecular formula is C15H19N3O3. The molecule has 6 nitrogen and oxygen atoms in total. The Balaban J connectivity index is 1.84. The molecule has 0 aliphatic heterocycles. The molecule has 6 heteroatoms. The molecular weight excluding hydrogens is 270 g/mol. The third-order valence-corrected chi connectivity index (χ3v) is 3.30. The molecule has 0 spiro atoms. The lowest BCUT2D eigenvalue weighted by Crippen LogP contribution is -2.27. The topological polar surface area (TPSA) is 84.2 Å². The predicted molar refractivity (Wildman–Crippen MR) is 79.0 cm³/mol. The second kappa shape index (κ2) is 6.88. The highest BCUT2D eigenvalue weighted by atomic mass is 16.4. The summed E-state index contributed by atoms with van der Waals surface area (Å²) in [5.74, 6) is -0.0713. The maximum Gasteiger partial charge on any atom is 0.303 e. The van der Waals surface area contributed by atoms with E-state index in [0.717, 1.165) is 16.9 Å². The summed E-state index contributed by atoms with van der Waals surface area (Å²) in [7, 11) is 0. The van der Waals surface area contributed by atoms with Crippen LogP contribution in [0.5, 0.6) is 0 Å².